The lowest BCUT2D eigenvalue weighted by Gasteiger charge is -2.21. The fraction of sp³-hybridized carbons (Fsp3) is 1.00. The van der Waals surface area contributed by atoms with Crippen molar-refractivity contribution < 1.29 is 0 Å². The number of thioether (sulfide) groups is 1. The molecule has 1 aliphatic heterocycles. The van der Waals surface area contributed by atoms with Gasteiger partial charge in [0.15, 0.2) is 0 Å². The molecular weight excluding hydrogens is 140 g/mol. The second-order valence-electron chi connectivity index (χ2n) is 4.40. The van der Waals surface area contributed by atoms with Gasteiger partial charge in [0.05, 0.1) is 0 Å². The van der Waals surface area contributed by atoms with Crippen molar-refractivity contribution in [3.63, 3.8) is 0 Å². The van der Waals surface area contributed by atoms with Gasteiger partial charge in [-0.2, -0.15) is 11.8 Å². The van der Waals surface area contributed by atoms with Crippen molar-refractivity contribution in [2.24, 2.45) is 5.41 Å². The average Bonchev–Trinajstić information content (AvgIpc) is 2.12. The van der Waals surface area contributed by atoms with Gasteiger partial charge < -0.3 is 0 Å². The Morgan fingerprint density at radius 2 is 2.10 bits per heavy atom. The Morgan fingerprint density at radius 3 is 2.50 bits per heavy atom. The van der Waals surface area contributed by atoms with Crippen LogP contribution < -0.4 is 0 Å². The molecule has 0 saturated carbocycles. The van der Waals surface area contributed by atoms with Crippen molar-refractivity contribution in [1.29, 1.82) is 0 Å². The third-order valence-electron chi connectivity index (χ3n) is 1.86. The molecule has 0 aliphatic carbocycles. The number of hydrogen-bond acceptors (Lipinski definition) is 1. The summed E-state index contributed by atoms with van der Waals surface area (Å²) in [6, 6.07) is 0. The van der Waals surface area contributed by atoms with Crippen LogP contribution >= 0.6 is 11.8 Å². The monoisotopic (exact) mass is 158 g/mol. The van der Waals surface area contributed by atoms with Gasteiger partial charge in [0.2, 0.25) is 0 Å². The summed E-state index contributed by atoms with van der Waals surface area (Å²) < 4.78 is 0. The van der Waals surface area contributed by atoms with Gasteiger partial charge in [-0.25, -0.2) is 0 Å². The van der Waals surface area contributed by atoms with Gasteiger partial charge in [-0.1, -0.05) is 20.8 Å². The first kappa shape index (κ1) is 8.45. The second kappa shape index (κ2) is 3.17. The minimum Gasteiger partial charge on any atom is -0.159 e. The average molecular weight is 158 g/mol. The molecule has 1 aliphatic rings. The summed E-state index contributed by atoms with van der Waals surface area (Å²) in [7, 11) is 0. The zero-order chi connectivity index (χ0) is 7.61. The first-order chi connectivity index (χ1) is 4.58. The molecule has 0 aromatic heterocycles. The van der Waals surface area contributed by atoms with Gasteiger partial charge >= 0.3 is 0 Å². The Morgan fingerprint density at radius 1 is 1.40 bits per heavy atom. The van der Waals surface area contributed by atoms with Crippen LogP contribution in [0.2, 0.25) is 0 Å². The molecular formula is C9H18S. The molecule has 0 nitrogen and oxygen atoms in total. The van der Waals surface area contributed by atoms with Crippen molar-refractivity contribution in [2.45, 2.75) is 45.3 Å². The summed E-state index contributed by atoms with van der Waals surface area (Å²) in [4.78, 5) is 0. The molecule has 0 aromatic rings. The lowest BCUT2D eigenvalue weighted by atomic mass is 9.89. The molecule has 0 spiro atoms. The largest absolute Gasteiger partial charge is 0.159 e. The summed E-state index contributed by atoms with van der Waals surface area (Å²) >= 11 is 2.17. The second-order valence-corrected chi connectivity index (χ2v) is 5.81. The molecule has 0 aromatic carbocycles. The van der Waals surface area contributed by atoms with Crippen LogP contribution in [-0.2, 0) is 0 Å². The van der Waals surface area contributed by atoms with Crippen LogP contribution in [0.4, 0.5) is 0 Å². The predicted molar refractivity (Wildman–Crippen MR) is 49.6 cm³/mol. The first-order valence-corrected chi connectivity index (χ1v) is 5.24. The molecule has 1 rings (SSSR count). The Hall–Kier alpha value is 0.350. The van der Waals surface area contributed by atoms with Gasteiger partial charge in [-0.3, -0.25) is 0 Å². The molecule has 1 fully saturated rings. The van der Waals surface area contributed by atoms with Crippen LogP contribution in [0.1, 0.15) is 40.0 Å². The fourth-order valence-corrected chi connectivity index (χ4v) is 3.11. The number of rotatable bonds is 1. The van der Waals surface area contributed by atoms with Gasteiger partial charge in [-0.05, 0) is 30.4 Å². The van der Waals surface area contributed by atoms with Crippen LogP contribution in [0.5, 0.6) is 0 Å². The van der Waals surface area contributed by atoms with E-state index < -0.39 is 0 Å². The van der Waals surface area contributed by atoms with Gasteiger partial charge in [0.1, 0.15) is 0 Å². The third-order valence-corrected chi connectivity index (χ3v) is 3.26. The molecule has 10 heavy (non-hydrogen) atoms. The summed E-state index contributed by atoms with van der Waals surface area (Å²) in [5, 5.41) is 0.972. The normalized spacial score (nSPS) is 27.3. The predicted octanol–water partition coefficient (Wildman–Crippen LogP) is 3.32. The van der Waals surface area contributed by atoms with Gasteiger partial charge in [-0.15, -0.1) is 0 Å². The highest BCUT2D eigenvalue weighted by Crippen LogP contribution is 2.35. The fourth-order valence-electron chi connectivity index (χ4n) is 1.49. The molecule has 1 heteroatoms. The maximum atomic E-state index is 2.34. The lowest BCUT2D eigenvalue weighted by Crippen LogP contribution is -2.12. The summed E-state index contributed by atoms with van der Waals surface area (Å²) in [5.41, 5.74) is 0.544. The maximum Gasteiger partial charge on any atom is 0.00523 e. The van der Waals surface area contributed by atoms with Crippen LogP contribution in [-0.4, -0.2) is 11.0 Å². The molecule has 0 amide bonds. The summed E-state index contributed by atoms with van der Waals surface area (Å²) in [5.74, 6) is 1.40. The molecule has 1 unspecified atom stereocenters. The topological polar surface area (TPSA) is 0 Å². The zero-order valence-corrected chi connectivity index (χ0v) is 8.13. The van der Waals surface area contributed by atoms with Crippen molar-refractivity contribution >= 4 is 11.8 Å². The van der Waals surface area contributed by atoms with Crippen molar-refractivity contribution in [2.75, 3.05) is 5.75 Å². The van der Waals surface area contributed by atoms with Crippen LogP contribution in [0, 0.1) is 5.41 Å². The highest BCUT2D eigenvalue weighted by molar-refractivity contribution is 8.00. The Labute approximate surface area is 68.8 Å². The van der Waals surface area contributed by atoms with Crippen molar-refractivity contribution in [1.82, 2.24) is 0 Å². The summed E-state index contributed by atoms with van der Waals surface area (Å²) in [6.07, 6.45) is 4.31. The SMILES string of the molecule is CC(C)(C)CC1CCCS1. The Kier molecular flexibility index (Phi) is 2.67. The van der Waals surface area contributed by atoms with E-state index in [0.29, 0.717) is 5.41 Å². The lowest BCUT2D eigenvalue weighted by molar-refractivity contribution is 0.369. The van der Waals surface area contributed by atoms with E-state index in [4.69, 9.17) is 0 Å². The first-order valence-electron chi connectivity index (χ1n) is 4.19. The van der Waals surface area contributed by atoms with Crippen LogP contribution in [0.25, 0.3) is 0 Å². The standard InChI is InChI=1S/C9H18S/c1-9(2,3)7-8-5-4-6-10-8/h8H,4-7H2,1-3H3. The van der Waals surface area contributed by atoms with E-state index in [1.807, 2.05) is 0 Å². The maximum absolute atomic E-state index is 2.34. The van der Waals surface area contributed by atoms with E-state index in [1.54, 1.807) is 0 Å². The molecule has 0 bridgehead atoms. The van der Waals surface area contributed by atoms with Gasteiger partial charge in [0.25, 0.3) is 0 Å². The molecule has 1 heterocycles. The van der Waals surface area contributed by atoms with Crippen molar-refractivity contribution in [3.8, 4) is 0 Å². The minimum absolute atomic E-state index is 0.544. The van der Waals surface area contributed by atoms with Crippen LogP contribution in [0.3, 0.4) is 0 Å². The molecule has 60 valence electrons. The van der Waals surface area contributed by atoms with E-state index >= 15 is 0 Å². The van der Waals surface area contributed by atoms with E-state index in [1.165, 1.54) is 25.0 Å². The van der Waals surface area contributed by atoms with Crippen molar-refractivity contribution in [3.05, 3.63) is 0 Å². The van der Waals surface area contributed by atoms with E-state index in [2.05, 4.69) is 32.5 Å². The van der Waals surface area contributed by atoms with E-state index in [0.717, 1.165) is 5.25 Å². The number of hydrogen-bond donors (Lipinski definition) is 0. The molecule has 1 saturated heterocycles. The van der Waals surface area contributed by atoms with E-state index in [9.17, 15) is 0 Å². The van der Waals surface area contributed by atoms with E-state index in [-0.39, 0.29) is 0 Å². The van der Waals surface area contributed by atoms with Crippen LogP contribution in [0.15, 0.2) is 0 Å². The molecule has 1 atom stereocenters. The zero-order valence-electron chi connectivity index (χ0n) is 7.31. The third kappa shape index (κ3) is 2.96. The highest BCUT2D eigenvalue weighted by Gasteiger charge is 2.21. The van der Waals surface area contributed by atoms with Gasteiger partial charge in [0, 0.05) is 5.25 Å². The minimum atomic E-state index is 0.544. The summed E-state index contributed by atoms with van der Waals surface area (Å²) in [6.45, 7) is 7.02. The Balaban J connectivity index is 2.24. The quantitative estimate of drug-likeness (QED) is 0.564. The molecule has 0 radical (unpaired) electrons. The molecule has 0 N–H and O–H groups in total. The Bertz CT molecular complexity index is 95.8. The highest BCUT2D eigenvalue weighted by atomic mass is 32.2. The smallest absolute Gasteiger partial charge is 0.00523 e.